The number of rotatable bonds is 5. The third-order valence-corrected chi connectivity index (χ3v) is 9.85. The summed E-state index contributed by atoms with van der Waals surface area (Å²) in [6.45, 7) is 3.69. The molecule has 1 aliphatic heterocycles. The van der Waals surface area contributed by atoms with E-state index in [9.17, 15) is 22.8 Å². The van der Waals surface area contributed by atoms with Crippen LogP contribution in [0.15, 0.2) is 52.2 Å². The van der Waals surface area contributed by atoms with Gasteiger partial charge in [-0.3, -0.25) is 18.6 Å². The lowest BCUT2D eigenvalue weighted by Crippen LogP contribution is -2.61. The summed E-state index contributed by atoms with van der Waals surface area (Å²) in [5.41, 5.74) is 0.734. The zero-order chi connectivity index (χ0) is 26.5. The Labute approximate surface area is 215 Å². The molecule has 1 aromatic carbocycles. The Morgan fingerprint density at radius 2 is 1.84 bits per heavy atom. The molecule has 2 aliphatic carbocycles. The van der Waals surface area contributed by atoms with E-state index in [-0.39, 0.29) is 11.3 Å². The third-order valence-electron chi connectivity index (χ3n) is 8.52. The van der Waals surface area contributed by atoms with Crippen molar-refractivity contribution in [2.45, 2.75) is 56.6 Å². The van der Waals surface area contributed by atoms with Crippen molar-refractivity contribution < 1.29 is 40.9 Å². The second kappa shape index (κ2) is 9.40. The zero-order valence-electron chi connectivity index (χ0n) is 20.9. The molecule has 10 heteroatoms. The molecule has 1 saturated heterocycles. The first-order valence-electron chi connectivity index (χ1n) is 12.4. The van der Waals surface area contributed by atoms with Crippen LogP contribution in [0.3, 0.4) is 0 Å². The molecule has 0 amide bonds. The van der Waals surface area contributed by atoms with Gasteiger partial charge in [-0.25, -0.2) is 0 Å². The number of carbonyl (C=O) groups excluding carboxylic acids is 3. The minimum Gasteiger partial charge on any atom is -0.472 e. The molecule has 0 N–H and O–H groups in total. The fourth-order valence-corrected chi connectivity index (χ4v) is 7.63. The van der Waals surface area contributed by atoms with Crippen molar-refractivity contribution in [1.29, 1.82) is 0 Å². The van der Waals surface area contributed by atoms with Crippen LogP contribution >= 0.6 is 0 Å². The van der Waals surface area contributed by atoms with Gasteiger partial charge in [0.15, 0.2) is 5.78 Å². The molecule has 2 heterocycles. The molecular formula is C27H30O9S. The van der Waals surface area contributed by atoms with Crippen LogP contribution in [0.5, 0.6) is 0 Å². The van der Waals surface area contributed by atoms with Gasteiger partial charge in [0.25, 0.3) is 10.1 Å². The molecular weight excluding hydrogens is 500 g/mol. The molecule has 0 radical (unpaired) electrons. The Morgan fingerprint density at radius 3 is 2.49 bits per heavy atom. The van der Waals surface area contributed by atoms with E-state index in [0.29, 0.717) is 24.8 Å². The minimum absolute atomic E-state index is 0.0726. The zero-order valence-corrected chi connectivity index (χ0v) is 21.7. The molecule has 0 bridgehead atoms. The van der Waals surface area contributed by atoms with Gasteiger partial charge in [-0.05, 0) is 62.1 Å². The Balaban J connectivity index is 1.52. The van der Waals surface area contributed by atoms with E-state index in [0.717, 1.165) is 5.56 Å². The number of esters is 2. The molecule has 5 rings (SSSR count). The number of Topliss-reactive ketones (excluding diaryl/α,β-unsaturated/α-hetero) is 1. The molecule has 2 saturated carbocycles. The van der Waals surface area contributed by atoms with Crippen LogP contribution in [0, 0.1) is 36.0 Å². The number of carbonyl (C=O) groups is 3. The lowest BCUT2D eigenvalue weighted by atomic mass is 9.48. The van der Waals surface area contributed by atoms with Gasteiger partial charge in [-0.2, -0.15) is 8.42 Å². The summed E-state index contributed by atoms with van der Waals surface area (Å²) in [4.78, 5) is 40.0. The molecule has 9 nitrogen and oxygen atoms in total. The number of hydrogen-bond acceptors (Lipinski definition) is 9. The van der Waals surface area contributed by atoms with Crippen molar-refractivity contribution in [1.82, 2.24) is 0 Å². The summed E-state index contributed by atoms with van der Waals surface area (Å²) in [7, 11) is -3.01. The first kappa shape index (κ1) is 25.7. The number of hydrogen-bond donors (Lipinski definition) is 0. The summed E-state index contributed by atoms with van der Waals surface area (Å²) >= 11 is 0. The van der Waals surface area contributed by atoms with Crippen molar-refractivity contribution in [3.05, 3.63) is 54.0 Å². The van der Waals surface area contributed by atoms with E-state index in [1.165, 1.54) is 31.8 Å². The number of aryl methyl sites for hydroxylation is 1. The molecule has 0 spiro atoms. The smallest absolute Gasteiger partial charge is 0.309 e. The monoisotopic (exact) mass is 530 g/mol. The largest absolute Gasteiger partial charge is 0.472 e. The number of benzene rings is 1. The Kier molecular flexibility index (Phi) is 6.52. The SMILES string of the molecule is COC(=O)[C@@H]1C[C@H](OS(=O)(=O)c2ccc(C)cc2)C(=O)[C@@H]2[C@H]3C[C@@H](c4ccoc4)OC(=O)[C@@H]3CC[C@]21C. The van der Waals surface area contributed by atoms with E-state index in [1.807, 2.05) is 13.8 Å². The van der Waals surface area contributed by atoms with Gasteiger partial charge in [0, 0.05) is 11.5 Å². The summed E-state index contributed by atoms with van der Waals surface area (Å²) in [5.74, 6) is -3.88. The van der Waals surface area contributed by atoms with E-state index in [1.54, 1.807) is 18.2 Å². The summed E-state index contributed by atoms with van der Waals surface area (Å²) < 4.78 is 47.7. The predicted molar refractivity (Wildman–Crippen MR) is 128 cm³/mol. The number of ether oxygens (including phenoxy) is 2. The number of ketones is 1. The van der Waals surface area contributed by atoms with Crippen LogP contribution in [0.2, 0.25) is 0 Å². The molecule has 1 aromatic heterocycles. The number of furan rings is 1. The van der Waals surface area contributed by atoms with Crippen molar-refractivity contribution in [3.63, 3.8) is 0 Å². The van der Waals surface area contributed by atoms with Gasteiger partial charge < -0.3 is 13.9 Å². The van der Waals surface area contributed by atoms with Gasteiger partial charge in [0.1, 0.15) is 12.2 Å². The maximum Gasteiger partial charge on any atom is 0.309 e. The minimum atomic E-state index is -4.29. The molecule has 7 atom stereocenters. The lowest BCUT2D eigenvalue weighted by Gasteiger charge is -2.56. The maximum atomic E-state index is 14.0. The van der Waals surface area contributed by atoms with Crippen LogP contribution in [-0.2, 0) is 38.2 Å². The van der Waals surface area contributed by atoms with Crippen LogP contribution in [0.25, 0.3) is 0 Å². The second-order valence-corrected chi connectivity index (χ2v) is 12.1. The summed E-state index contributed by atoms with van der Waals surface area (Å²) in [5, 5.41) is 0. The van der Waals surface area contributed by atoms with Gasteiger partial charge in [0.2, 0.25) is 0 Å². The van der Waals surface area contributed by atoms with Gasteiger partial charge in [0.05, 0.1) is 36.4 Å². The predicted octanol–water partition coefficient (Wildman–Crippen LogP) is 3.76. The Hall–Kier alpha value is -2.98. The highest BCUT2D eigenvalue weighted by Gasteiger charge is 2.63. The normalized spacial score (nSPS) is 33.7. The number of fused-ring (bicyclic) bond motifs is 3. The Bertz CT molecular complexity index is 1300. The third kappa shape index (κ3) is 4.40. The molecule has 0 unspecified atom stereocenters. The van der Waals surface area contributed by atoms with Gasteiger partial charge in [-0.1, -0.05) is 24.6 Å². The van der Waals surface area contributed by atoms with E-state index in [4.69, 9.17) is 18.1 Å². The number of cyclic esters (lactones) is 1. The summed E-state index contributed by atoms with van der Waals surface area (Å²) in [6.07, 6.45) is 2.13. The molecule has 2 aromatic rings. The van der Waals surface area contributed by atoms with Gasteiger partial charge in [-0.15, -0.1) is 0 Å². The fraction of sp³-hybridized carbons (Fsp3) is 0.519. The average molecular weight is 531 g/mol. The van der Waals surface area contributed by atoms with Crippen molar-refractivity contribution >= 4 is 27.8 Å². The molecule has 3 aliphatic rings. The van der Waals surface area contributed by atoms with E-state index >= 15 is 0 Å². The van der Waals surface area contributed by atoms with Crippen LogP contribution in [-0.4, -0.2) is 39.4 Å². The first-order chi connectivity index (χ1) is 17.5. The molecule has 37 heavy (non-hydrogen) atoms. The van der Waals surface area contributed by atoms with Crippen LogP contribution in [0.1, 0.15) is 49.8 Å². The lowest BCUT2D eigenvalue weighted by molar-refractivity contribution is -0.189. The van der Waals surface area contributed by atoms with Crippen molar-refractivity contribution in [2.75, 3.05) is 7.11 Å². The van der Waals surface area contributed by atoms with Gasteiger partial charge >= 0.3 is 11.9 Å². The van der Waals surface area contributed by atoms with E-state index in [2.05, 4.69) is 0 Å². The van der Waals surface area contributed by atoms with E-state index < -0.39 is 69.1 Å². The molecule has 198 valence electrons. The first-order valence-corrected chi connectivity index (χ1v) is 13.8. The van der Waals surface area contributed by atoms with Crippen LogP contribution < -0.4 is 0 Å². The maximum absolute atomic E-state index is 14.0. The Morgan fingerprint density at radius 1 is 1.11 bits per heavy atom. The quantitative estimate of drug-likeness (QED) is 0.419. The highest BCUT2D eigenvalue weighted by molar-refractivity contribution is 7.86. The highest BCUT2D eigenvalue weighted by Crippen LogP contribution is 2.59. The van der Waals surface area contributed by atoms with Crippen LogP contribution in [0.4, 0.5) is 0 Å². The van der Waals surface area contributed by atoms with Crippen molar-refractivity contribution in [3.8, 4) is 0 Å². The topological polar surface area (TPSA) is 126 Å². The fourth-order valence-electron chi connectivity index (χ4n) is 6.57. The standard InChI is InChI=1S/C27H30O9S/c1-15-4-6-17(7-5-15)37(31,32)36-22-13-20(26(30)33-3)27(2)10-8-18-19(23(27)24(22)28)12-21(35-25(18)29)16-9-11-34-14-16/h4-7,9,11,14,18-23H,8,10,12-13H2,1-3H3/t18-,19+,20+,21+,22+,23+,27+/m1/s1. The average Bonchev–Trinajstić information content (AvgIpc) is 3.40. The number of methoxy groups -OCH3 is 1. The summed E-state index contributed by atoms with van der Waals surface area (Å²) in [6, 6.07) is 7.83. The second-order valence-electron chi connectivity index (χ2n) is 10.6. The van der Waals surface area contributed by atoms with Crippen molar-refractivity contribution in [2.24, 2.45) is 29.1 Å². The highest BCUT2D eigenvalue weighted by atomic mass is 32.2. The molecule has 3 fully saturated rings.